The zero-order chi connectivity index (χ0) is 13.2. The molecule has 0 bridgehead atoms. The van der Waals surface area contributed by atoms with Gasteiger partial charge in [-0.3, -0.25) is 0 Å². The van der Waals surface area contributed by atoms with Gasteiger partial charge in [0.15, 0.2) is 0 Å². The molecular weight excluding hydrogens is 324 g/mol. The molecule has 98 valence electrons. The molecule has 1 saturated heterocycles. The lowest BCUT2D eigenvalue weighted by Gasteiger charge is -2.26. The van der Waals surface area contributed by atoms with Crippen LogP contribution in [0.25, 0.3) is 0 Å². The predicted molar refractivity (Wildman–Crippen MR) is 82.7 cm³/mol. The second-order valence-corrected chi connectivity index (χ2v) is 6.04. The van der Waals surface area contributed by atoms with E-state index in [0.29, 0.717) is 11.1 Å². The number of hydrogen-bond donors (Lipinski definition) is 0. The fourth-order valence-corrected chi connectivity index (χ4v) is 3.40. The Kier molecular flexibility index (Phi) is 3.76. The maximum Gasteiger partial charge on any atom is 0.147 e. The van der Waals surface area contributed by atoms with Crippen LogP contribution in [0.4, 0.5) is 5.82 Å². The summed E-state index contributed by atoms with van der Waals surface area (Å²) >= 11 is 9.73. The van der Waals surface area contributed by atoms with Gasteiger partial charge in [-0.05, 0) is 40.4 Å². The molecule has 2 heterocycles. The minimum Gasteiger partial charge on any atom is -0.348 e. The van der Waals surface area contributed by atoms with Crippen LogP contribution in [0.3, 0.4) is 0 Å². The van der Waals surface area contributed by atoms with Gasteiger partial charge in [0.1, 0.15) is 5.82 Å². The number of pyridine rings is 1. The van der Waals surface area contributed by atoms with E-state index in [4.69, 9.17) is 11.6 Å². The molecule has 19 heavy (non-hydrogen) atoms. The standard InChI is InChI=1S/C15H14BrClN2/c16-12-9-13(17)15(18-10-12)19-8-4-7-14(19)11-5-2-1-3-6-11/h1-3,5-6,9-10,14H,4,7-8H2. The van der Waals surface area contributed by atoms with E-state index < -0.39 is 0 Å². The topological polar surface area (TPSA) is 16.1 Å². The highest BCUT2D eigenvalue weighted by Crippen LogP contribution is 2.38. The van der Waals surface area contributed by atoms with E-state index in [1.165, 1.54) is 12.0 Å². The smallest absolute Gasteiger partial charge is 0.147 e. The largest absolute Gasteiger partial charge is 0.348 e. The molecule has 3 rings (SSSR count). The SMILES string of the molecule is Clc1cc(Br)cnc1N1CCCC1c1ccccc1. The average Bonchev–Trinajstić information content (AvgIpc) is 2.89. The highest BCUT2D eigenvalue weighted by molar-refractivity contribution is 9.10. The van der Waals surface area contributed by atoms with Crippen molar-refractivity contribution in [3.8, 4) is 0 Å². The third kappa shape index (κ3) is 2.63. The van der Waals surface area contributed by atoms with E-state index in [1.54, 1.807) is 0 Å². The molecule has 0 spiro atoms. The van der Waals surface area contributed by atoms with Crippen LogP contribution < -0.4 is 4.90 Å². The van der Waals surface area contributed by atoms with E-state index in [9.17, 15) is 0 Å². The monoisotopic (exact) mass is 336 g/mol. The van der Waals surface area contributed by atoms with Gasteiger partial charge in [0.05, 0.1) is 11.1 Å². The van der Waals surface area contributed by atoms with Gasteiger partial charge < -0.3 is 4.90 Å². The molecule has 1 aromatic heterocycles. The minimum absolute atomic E-state index is 0.382. The van der Waals surface area contributed by atoms with Gasteiger partial charge in [0.2, 0.25) is 0 Å². The highest BCUT2D eigenvalue weighted by atomic mass is 79.9. The van der Waals surface area contributed by atoms with E-state index in [2.05, 4.69) is 50.1 Å². The Balaban J connectivity index is 1.95. The van der Waals surface area contributed by atoms with Crippen LogP contribution in [0, 0.1) is 0 Å². The molecule has 1 aliphatic rings. The first-order valence-electron chi connectivity index (χ1n) is 6.38. The summed E-state index contributed by atoms with van der Waals surface area (Å²) in [6.07, 6.45) is 4.13. The first kappa shape index (κ1) is 12.9. The molecule has 1 aromatic carbocycles. The minimum atomic E-state index is 0.382. The molecule has 0 aliphatic carbocycles. The lowest BCUT2D eigenvalue weighted by molar-refractivity contribution is 0.712. The Morgan fingerprint density at radius 2 is 2.05 bits per heavy atom. The Labute approximate surface area is 126 Å². The van der Waals surface area contributed by atoms with Gasteiger partial charge >= 0.3 is 0 Å². The molecule has 0 amide bonds. The van der Waals surface area contributed by atoms with Gasteiger partial charge in [0, 0.05) is 17.2 Å². The fraction of sp³-hybridized carbons (Fsp3) is 0.267. The molecule has 4 heteroatoms. The van der Waals surface area contributed by atoms with Gasteiger partial charge in [-0.1, -0.05) is 41.9 Å². The number of rotatable bonds is 2. The van der Waals surface area contributed by atoms with Crippen molar-refractivity contribution in [3.05, 3.63) is 57.7 Å². The third-order valence-electron chi connectivity index (χ3n) is 3.50. The van der Waals surface area contributed by atoms with Crippen molar-refractivity contribution in [2.45, 2.75) is 18.9 Å². The quantitative estimate of drug-likeness (QED) is 0.779. The second-order valence-electron chi connectivity index (χ2n) is 4.72. The molecule has 0 N–H and O–H groups in total. The molecule has 0 radical (unpaired) electrons. The first-order chi connectivity index (χ1) is 9.25. The first-order valence-corrected chi connectivity index (χ1v) is 7.55. The summed E-state index contributed by atoms with van der Waals surface area (Å²) in [4.78, 5) is 6.79. The number of benzene rings is 1. The average molecular weight is 338 g/mol. The number of nitrogens with zero attached hydrogens (tertiary/aromatic N) is 2. The molecule has 1 fully saturated rings. The molecule has 1 atom stereocenters. The van der Waals surface area contributed by atoms with Crippen molar-refractivity contribution >= 4 is 33.3 Å². The van der Waals surface area contributed by atoms with Crippen molar-refractivity contribution in [3.63, 3.8) is 0 Å². The van der Waals surface area contributed by atoms with E-state index in [0.717, 1.165) is 23.3 Å². The third-order valence-corrected chi connectivity index (χ3v) is 4.21. The van der Waals surface area contributed by atoms with Gasteiger partial charge in [0.25, 0.3) is 0 Å². The highest BCUT2D eigenvalue weighted by Gasteiger charge is 2.28. The summed E-state index contributed by atoms with van der Waals surface area (Å²) in [5, 5.41) is 0.706. The number of hydrogen-bond acceptors (Lipinski definition) is 2. The Morgan fingerprint density at radius 3 is 2.79 bits per heavy atom. The van der Waals surface area contributed by atoms with Crippen LogP contribution >= 0.6 is 27.5 Å². The second kappa shape index (κ2) is 5.51. The summed E-state index contributed by atoms with van der Waals surface area (Å²) < 4.78 is 0.914. The molecule has 2 aromatic rings. The van der Waals surface area contributed by atoms with Crippen molar-refractivity contribution < 1.29 is 0 Å². The lowest BCUT2D eigenvalue weighted by Crippen LogP contribution is -2.23. The molecular formula is C15H14BrClN2. The van der Waals surface area contributed by atoms with Crippen molar-refractivity contribution in [1.82, 2.24) is 4.98 Å². The molecule has 0 saturated carbocycles. The van der Waals surface area contributed by atoms with Gasteiger partial charge in [-0.25, -0.2) is 4.98 Å². The van der Waals surface area contributed by atoms with Gasteiger partial charge in [-0.2, -0.15) is 0 Å². The Hall–Kier alpha value is -1.06. The van der Waals surface area contributed by atoms with Crippen LogP contribution in [-0.2, 0) is 0 Å². The number of halogens is 2. The number of aromatic nitrogens is 1. The van der Waals surface area contributed by atoms with Crippen LogP contribution in [0.5, 0.6) is 0 Å². The summed E-state index contributed by atoms with van der Waals surface area (Å²) in [6, 6.07) is 12.9. The zero-order valence-electron chi connectivity index (χ0n) is 10.4. The van der Waals surface area contributed by atoms with E-state index >= 15 is 0 Å². The van der Waals surface area contributed by atoms with Gasteiger partial charge in [-0.15, -0.1) is 0 Å². The van der Waals surface area contributed by atoms with Crippen molar-refractivity contribution in [1.29, 1.82) is 0 Å². The number of anilines is 1. The van der Waals surface area contributed by atoms with Crippen molar-refractivity contribution in [2.75, 3.05) is 11.4 Å². The maximum absolute atomic E-state index is 6.33. The van der Waals surface area contributed by atoms with E-state index in [1.807, 2.05) is 18.3 Å². The predicted octanol–water partition coefficient (Wildman–Crippen LogP) is 4.84. The summed E-state index contributed by atoms with van der Waals surface area (Å²) in [7, 11) is 0. The lowest BCUT2D eigenvalue weighted by atomic mass is 10.0. The van der Waals surface area contributed by atoms with Crippen LogP contribution in [0.1, 0.15) is 24.4 Å². The molecule has 1 unspecified atom stereocenters. The van der Waals surface area contributed by atoms with Crippen LogP contribution in [0.15, 0.2) is 47.1 Å². The van der Waals surface area contributed by atoms with Crippen LogP contribution in [0.2, 0.25) is 5.02 Å². The maximum atomic E-state index is 6.33. The Bertz CT molecular complexity index is 574. The van der Waals surface area contributed by atoms with Crippen molar-refractivity contribution in [2.24, 2.45) is 0 Å². The normalized spacial score (nSPS) is 18.8. The zero-order valence-corrected chi connectivity index (χ0v) is 12.7. The molecule has 1 aliphatic heterocycles. The van der Waals surface area contributed by atoms with Crippen LogP contribution in [-0.4, -0.2) is 11.5 Å². The van der Waals surface area contributed by atoms with E-state index in [-0.39, 0.29) is 0 Å². The Morgan fingerprint density at radius 1 is 1.26 bits per heavy atom. The molecule has 2 nitrogen and oxygen atoms in total. The summed E-state index contributed by atoms with van der Waals surface area (Å²) in [5.41, 5.74) is 1.33. The fourth-order valence-electron chi connectivity index (χ4n) is 2.66. The summed E-state index contributed by atoms with van der Waals surface area (Å²) in [6.45, 7) is 1.01. The summed E-state index contributed by atoms with van der Waals surface area (Å²) in [5.74, 6) is 0.885.